The number of likely N-dealkylation sites (tertiary alicyclic amines) is 1. The van der Waals surface area contributed by atoms with Crippen LogP contribution in [0.5, 0.6) is 11.5 Å². The summed E-state index contributed by atoms with van der Waals surface area (Å²) >= 11 is 0. The third kappa shape index (κ3) is 9.33. The molecule has 1 amide bonds. The predicted molar refractivity (Wildman–Crippen MR) is 314 cm³/mol. The lowest BCUT2D eigenvalue weighted by Gasteiger charge is -2.62. The number of allylic oxidation sites excluding steroid dienone is 6. The molecule has 5 heterocycles. The zero-order valence-electron chi connectivity index (χ0n) is 47.0. The minimum absolute atomic E-state index is 0.0553. The number of phenolic OH excluding ortho intramolecular Hbond substituents is 1. The van der Waals surface area contributed by atoms with E-state index in [0.29, 0.717) is 63.4 Å². The number of ether oxygens (including phenoxy) is 1. The van der Waals surface area contributed by atoms with Crippen LogP contribution in [-0.4, -0.2) is 120 Å². The Labute approximate surface area is 479 Å². The number of guanidine groups is 1. The van der Waals surface area contributed by atoms with Crippen molar-refractivity contribution in [1.82, 2.24) is 15.2 Å². The first-order chi connectivity index (χ1) is 38.9. The van der Waals surface area contributed by atoms with Crippen molar-refractivity contribution in [2.24, 2.45) is 16.6 Å². The third-order valence-corrected chi connectivity index (χ3v) is 20.5. The topological polar surface area (TPSA) is 266 Å². The van der Waals surface area contributed by atoms with Gasteiger partial charge in [-0.2, -0.15) is 13.0 Å². The molecule has 20 heteroatoms. The summed E-state index contributed by atoms with van der Waals surface area (Å²) in [6, 6.07) is 18.8. The highest BCUT2D eigenvalue weighted by Gasteiger charge is 2.73. The second-order valence-corrected chi connectivity index (χ2v) is 27.3. The molecule has 2 bridgehead atoms. The Morgan fingerprint density at radius 1 is 0.951 bits per heavy atom. The summed E-state index contributed by atoms with van der Waals surface area (Å²) in [4.78, 5) is 25.4. The van der Waals surface area contributed by atoms with E-state index in [2.05, 4.69) is 30.4 Å². The minimum Gasteiger partial charge on any atom is -0.744 e. The van der Waals surface area contributed by atoms with Crippen molar-refractivity contribution in [2.45, 2.75) is 136 Å². The first kappa shape index (κ1) is 55.7. The van der Waals surface area contributed by atoms with Crippen molar-refractivity contribution in [3.05, 3.63) is 136 Å². The maximum Gasteiger partial charge on any atom is 0.294 e. The number of carbonyl (C=O) groups is 1. The Morgan fingerprint density at radius 3 is 2.50 bits per heavy atom. The molecule has 3 aliphatic carbocycles. The largest absolute Gasteiger partial charge is 0.744 e. The SMILES string of the molecule is C[N+]1=C(/C=C/C=C/C=C2/N(CCCCCC(=O)NCCCN=C(N)Nc3ccc4[nH]c5c(c4c3)C[C@@]3(O)[C@H]4Cc6ccc(O)c7c6[C@@]3(CCN4CC3CC3)[C@H]5O7)c3ccc(S(=O)(=O)[O-])cc3C2(C)C)C(C)(C)c2cc(S(=O)(=O)O)ccc21. The number of nitrogens with two attached hydrogens (primary N) is 1. The number of H-pyrrole nitrogens is 1. The fourth-order valence-electron chi connectivity index (χ4n) is 14.6. The number of aliphatic imine (C=N–C) groups is 1. The first-order valence-electron chi connectivity index (χ1n) is 28.5. The van der Waals surface area contributed by atoms with E-state index >= 15 is 0 Å². The predicted octanol–water partition coefficient (Wildman–Crippen LogP) is 8.02. The van der Waals surface area contributed by atoms with Gasteiger partial charge in [0, 0.05) is 102 Å². The van der Waals surface area contributed by atoms with Gasteiger partial charge in [0.25, 0.3) is 10.1 Å². The summed E-state index contributed by atoms with van der Waals surface area (Å²) in [5, 5.41) is 31.6. The van der Waals surface area contributed by atoms with Gasteiger partial charge in [0.2, 0.25) is 11.6 Å². The quantitative estimate of drug-likeness (QED) is 0.0109. The molecule has 5 aromatic rings. The molecule has 432 valence electrons. The molecule has 12 rings (SSSR count). The molecular formula is C62H72N8O10S2. The molecule has 1 spiro atoms. The number of amides is 1. The van der Waals surface area contributed by atoms with E-state index in [-0.39, 0.29) is 33.4 Å². The number of aromatic amines is 1. The Morgan fingerprint density at radius 2 is 1.73 bits per heavy atom. The van der Waals surface area contributed by atoms with Gasteiger partial charge >= 0.3 is 0 Å². The number of aromatic nitrogens is 1. The summed E-state index contributed by atoms with van der Waals surface area (Å²) in [6.45, 7) is 11.3. The smallest absolute Gasteiger partial charge is 0.294 e. The number of hydrogen-bond acceptors (Lipinski definition) is 12. The lowest BCUT2D eigenvalue weighted by atomic mass is 9.49. The van der Waals surface area contributed by atoms with E-state index in [1.807, 2.05) is 94.0 Å². The molecule has 1 saturated carbocycles. The molecule has 4 atom stereocenters. The highest BCUT2D eigenvalue weighted by Crippen LogP contribution is 2.69. The Kier molecular flexibility index (Phi) is 13.7. The summed E-state index contributed by atoms with van der Waals surface area (Å²) in [7, 11) is -7.16. The zero-order valence-corrected chi connectivity index (χ0v) is 48.6. The van der Waals surface area contributed by atoms with Crippen LogP contribution in [0, 0.1) is 5.92 Å². The van der Waals surface area contributed by atoms with Gasteiger partial charge in [0.15, 0.2) is 29.3 Å². The van der Waals surface area contributed by atoms with E-state index in [4.69, 9.17) is 10.5 Å². The van der Waals surface area contributed by atoms with Crippen molar-refractivity contribution >= 4 is 65.8 Å². The van der Waals surface area contributed by atoms with Crippen LogP contribution in [0.2, 0.25) is 0 Å². The Bertz CT molecular complexity index is 3880. The summed E-state index contributed by atoms with van der Waals surface area (Å²) in [6.07, 6.45) is 16.7. The highest BCUT2D eigenvalue weighted by atomic mass is 32.2. The number of aromatic hydroxyl groups is 1. The fraction of sp³-hybridized carbons (Fsp3) is 0.435. The van der Waals surface area contributed by atoms with Crippen molar-refractivity contribution in [1.29, 1.82) is 0 Å². The normalized spacial score (nSPS) is 24.6. The number of piperidine rings is 1. The molecular weight excluding hydrogens is 1080 g/mol. The van der Waals surface area contributed by atoms with Crippen LogP contribution >= 0.6 is 0 Å². The maximum atomic E-state index is 13.3. The average molecular weight is 1150 g/mol. The van der Waals surface area contributed by atoms with E-state index in [9.17, 15) is 40.9 Å². The molecule has 0 radical (unpaired) electrons. The molecule has 7 aliphatic rings. The summed E-state index contributed by atoms with van der Waals surface area (Å²) in [5.41, 5.74) is 14.2. The number of hydrogen-bond donors (Lipinski definition) is 7. The van der Waals surface area contributed by atoms with Crippen molar-refractivity contribution < 1.29 is 50.3 Å². The van der Waals surface area contributed by atoms with Gasteiger partial charge < -0.3 is 45.8 Å². The molecule has 82 heavy (non-hydrogen) atoms. The van der Waals surface area contributed by atoms with E-state index < -0.39 is 48.2 Å². The Balaban J connectivity index is 0.640. The lowest BCUT2D eigenvalue weighted by Crippen LogP contribution is -2.74. The molecule has 4 aliphatic heterocycles. The van der Waals surface area contributed by atoms with Crippen molar-refractivity contribution in [3.8, 4) is 11.5 Å². The molecule has 4 aromatic carbocycles. The van der Waals surface area contributed by atoms with Gasteiger partial charge in [0.05, 0.1) is 31.9 Å². The molecule has 8 N–H and O–H groups in total. The van der Waals surface area contributed by atoms with Gasteiger partial charge in [-0.25, -0.2) is 8.42 Å². The number of benzene rings is 4. The number of fused-ring (bicyclic) bond motifs is 6. The van der Waals surface area contributed by atoms with Gasteiger partial charge in [-0.05, 0) is 149 Å². The van der Waals surface area contributed by atoms with E-state index in [1.54, 1.807) is 18.2 Å². The standard InChI is InChI=1S/C62H72N8O10S2/c1-59(2)44-33-40(81(74,75)76)20-23-47(44)68(5)50(59)13-8-6-9-14-51-60(3,4)45-34-41(82(77,78)79)21-24-48(45)70(51)29-11-7-10-15-53(72)64-27-12-28-65-58(63)66-39-19-22-46-42(32-39)43-35-62(73)52-31-38-18-25-49(71)56-54(38)61(62,57(80-56)55(43)67-46)26-30-69(52)36-37-16-17-37/h6,8-9,13-14,18-25,32-34,37,52,57,67,73H,7,10-12,15-17,26-31,35-36H2,1-5H3,(H6-,63,64,65,66,71,72,74,75,76,77,78,79)/t52-,57+,61+,62-/m1/s1. The molecule has 18 nitrogen and oxygen atoms in total. The van der Waals surface area contributed by atoms with Gasteiger partial charge in [-0.15, -0.1) is 0 Å². The van der Waals surface area contributed by atoms with Crippen LogP contribution in [0.4, 0.5) is 17.1 Å². The minimum atomic E-state index is -4.69. The molecule has 1 aromatic heterocycles. The summed E-state index contributed by atoms with van der Waals surface area (Å²) in [5.74, 6) is 1.50. The fourth-order valence-corrected chi connectivity index (χ4v) is 15.6. The van der Waals surface area contributed by atoms with Crippen LogP contribution < -0.4 is 26.0 Å². The van der Waals surface area contributed by atoms with Crippen LogP contribution in [-0.2, 0) is 54.1 Å². The van der Waals surface area contributed by atoms with Crippen LogP contribution in [0.25, 0.3) is 10.9 Å². The number of phenols is 1. The van der Waals surface area contributed by atoms with Crippen molar-refractivity contribution in [2.75, 3.05) is 50.0 Å². The van der Waals surface area contributed by atoms with Crippen LogP contribution in [0.15, 0.2) is 118 Å². The average Bonchev–Trinajstić information content (AvgIpc) is 1.72. The zero-order chi connectivity index (χ0) is 57.9. The molecule has 1 saturated heterocycles. The van der Waals surface area contributed by atoms with E-state index in [0.717, 1.165) is 105 Å². The van der Waals surface area contributed by atoms with Gasteiger partial charge in [-0.3, -0.25) is 19.2 Å². The monoisotopic (exact) mass is 1150 g/mol. The third-order valence-electron chi connectivity index (χ3n) is 18.8. The molecule has 2 fully saturated rings. The second-order valence-electron chi connectivity index (χ2n) is 24.5. The Hall–Kier alpha value is -6.81. The van der Waals surface area contributed by atoms with Gasteiger partial charge in [0.1, 0.15) is 17.2 Å². The number of aliphatic hydroxyl groups is 1. The van der Waals surface area contributed by atoms with Crippen LogP contribution in [0.1, 0.15) is 119 Å². The number of nitrogens with zero attached hydrogens (tertiary/aromatic N) is 4. The lowest BCUT2D eigenvalue weighted by molar-refractivity contribution is -0.401. The maximum absolute atomic E-state index is 13.3. The van der Waals surface area contributed by atoms with Crippen molar-refractivity contribution in [3.63, 3.8) is 0 Å². The van der Waals surface area contributed by atoms with Crippen LogP contribution in [0.3, 0.4) is 0 Å². The van der Waals surface area contributed by atoms with Gasteiger partial charge in [-0.1, -0.05) is 44.6 Å². The number of unbranched alkanes of at least 4 members (excludes halogenated alkanes) is 2. The highest BCUT2D eigenvalue weighted by molar-refractivity contribution is 7.86. The second kappa shape index (κ2) is 20.2. The summed E-state index contributed by atoms with van der Waals surface area (Å²) < 4.78 is 78.6. The number of anilines is 2. The number of nitrogens with one attached hydrogen (secondary N) is 3. The van der Waals surface area contributed by atoms with E-state index in [1.165, 1.54) is 37.1 Å². The first-order valence-corrected chi connectivity index (χ1v) is 31.4. The number of rotatable bonds is 18. The number of carbonyl (C=O) groups excluding carboxylic acids is 1. The molecule has 0 unspecified atom stereocenters.